The van der Waals surface area contributed by atoms with Gasteiger partial charge in [0.2, 0.25) is 0 Å². The molecule has 0 bridgehead atoms. The van der Waals surface area contributed by atoms with Gasteiger partial charge in [0.05, 0.1) is 17.1 Å². The molecule has 4 N–H and O–H groups in total. The highest BCUT2D eigenvalue weighted by Crippen LogP contribution is 2.21. The van der Waals surface area contributed by atoms with E-state index in [2.05, 4.69) is 10.3 Å². The van der Waals surface area contributed by atoms with Crippen molar-refractivity contribution in [1.82, 2.24) is 10.3 Å². The summed E-state index contributed by atoms with van der Waals surface area (Å²) in [5.74, 6) is -0.0205. The molecular formula is C14H17N3O3S. The van der Waals surface area contributed by atoms with Crippen molar-refractivity contribution in [3.63, 3.8) is 0 Å². The van der Waals surface area contributed by atoms with E-state index in [1.807, 2.05) is 0 Å². The summed E-state index contributed by atoms with van der Waals surface area (Å²) in [7, 11) is -3.03. The van der Waals surface area contributed by atoms with Gasteiger partial charge in [-0.3, -0.25) is 4.79 Å². The van der Waals surface area contributed by atoms with E-state index in [1.54, 1.807) is 24.4 Å². The molecular weight excluding hydrogens is 290 g/mol. The predicted octanol–water partition coefficient (Wildman–Crippen LogP) is 1.06. The number of nitrogens with two attached hydrogens (primary N) is 1. The van der Waals surface area contributed by atoms with E-state index in [0.29, 0.717) is 24.1 Å². The number of H-pyrrole nitrogens is 1. The summed E-state index contributed by atoms with van der Waals surface area (Å²) in [6.07, 6.45) is 2.91. The molecule has 0 radical (unpaired) electrons. The lowest BCUT2D eigenvalue weighted by atomic mass is 10.1. The first-order valence-electron chi connectivity index (χ1n) is 6.82. The zero-order valence-corrected chi connectivity index (χ0v) is 12.2. The Morgan fingerprint density at radius 1 is 1.38 bits per heavy atom. The molecule has 1 fully saturated rings. The number of benzene rings is 1. The number of nitrogen functional groups attached to an aromatic ring is 1. The average Bonchev–Trinajstić information content (AvgIpc) is 2.80. The molecule has 0 aliphatic carbocycles. The van der Waals surface area contributed by atoms with Gasteiger partial charge in [0.25, 0.3) is 5.91 Å². The van der Waals surface area contributed by atoms with E-state index in [4.69, 9.17) is 5.73 Å². The van der Waals surface area contributed by atoms with Crippen molar-refractivity contribution in [2.75, 3.05) is 17.2 Å². The quantitative estimate of drug-likeness (QED) is 0.721. The molecule has 1 aliphatic rings. The zero-order chi connectivity index (χ0) is 15.0. The Morgan fingerprint density at radius 2 is 2.19 bits per heavy atom. The van der Waals surface area contributed by atoms with Crippen LogP contribution < -0.4 is 11.1 Å². The smallest absolute Gasteiger partial charge is 0.253 e. The Kier molecular flexibility index (Phi) is 3.36. The monoisotopic (exact) mass is 307 g/mol. The third-order valence-electron chi connectivity index (χ3n) is 3.75. The average molecular weight is 307 g/mol. The molecule has 0 spiro atoms. The highest BCUT2D eigenvalue weighted by atomic mass is 32.2. The van der Waals surface area contributed by atoms with E-state index < -0.39 is 9.84 Å². The number of sulfone groups is 1. The van der Waals surface area contributed by atoms with Crippen LogP contribution in [0.1, 0.15) is 23.2 Å². The first-order valence-corrected chi connectivity index (χ1v) is 8.65. The maximum absolute atomic E-state index is 12.3. The van der Waals surface area contributed by atoms with Gasteiger partial charge in [0.15, 0.2) is 9.84 Å². The van der Waals surface area contributed by atoms with E-state index in [0.717, 1.165) is 10.9 Å². The number of fused-ring (bicyclic) bond motifs is 1. The first-order chi connectivity index (χ1) is 9.94. The van der Waals surface area contributed by atoms with E-state index in [9.17, 15) is 13.2 Å². The normalized spacial score (nSPS) is 21.2. The zero-order valence-electron chi connectivity index (χ0n) is 11.4. The number of nitrogens with one attached hydrogen (secondary N) is 2. The molecule has 2 aromatic rings. The van der Waals surface area contributed by atoms with Crippen LogP contribution >= 0.6 is 0 Å². The molecule has 1 saturated heterocycles. The maximum Gasteiger partial charge on any atom is 0.253 e. The maximum atomic E-state index is 12.3. The molecule has 2 heterocycles. The number of hydrogen-bond donors (Lipinski definition) is 3. The van der Waals surface area contributed by atoms with Crippen LogP contribution in [0.2, 0.25) is 0 Å². The Labute approximate surface area is 122 Å². The number of rotatable bonds is 2. The fourth-order valence-corrected chi connectivity index (χ4v) is 4.37. The lowest BCUT2D eigenvalue weighted by Gasteiger charge is -2.22. The van der Waals surface area contributed by atoms with Crippen LogP contribution in [0.3, 0.4) is 0 Å². The standard InChI is InChI=1S/C14H17N3O3S/c15-9-3-4-11-12(7-16-13(11)6-9)14(18)17-10-2-1-5-21(19,20)8-10/h3-4,6-7,10,16H,1-2,5,8,15H2,(H,17,18). The van der Waals surface area contributed by atoms with Crippen molar-refractivity contribution < 1.29 is 13.2 Å². The summed E-state index contributed by atoms with van der Waals surface area (Å²) in [5, 5.41) is 3.59. The van der Waals surface area contributed by atoms with Crippen LogP contribution in [-0.4, -0.2) is 36.9 Å². The molecule has 3 rings (SSSR count). The van der Waals surface area contributed by atoms with Crippen LogP contribution in [0.5, 0.6) is 0 Å². The largest absolute Gasteiger partial charge is 0.399 e. The summed E-state index contributed by atoms with van der Waals surface area (Å²) in [5.41, 5.74) is 7.62. The van der Waals surface area contributed by atoms with Crippen molar-refractivity contribution in [2.24, 2.45) is 0 Å². The van der Waals surface area contributed by atoms with Crippen molar-refractivity contribution >= 4 is 32.3 Å². The molecule has 1 aromatic carbocycles. The van der Waals surface area contributed by atoms with E-state index in [-0.39, 0.29) is 23.5 Å². The minimum atomic E-state index is -3.03. The lowest BCUT2D eigenvalue weighted by Crippen LogP contribution is -2.43. The van der Waals surface area contributed by atoms with Crippen molar-refractivity contribution in [2.45, 2.75) is 18.9 Å². The predicted molar refractivity (Wildman–Crippen MR) is 81.9 cm³/mol. The lowest BCUT2D eigenvalue weighted by molar-refractivity contribution is 0.0940. The van der Waals surface area contributed by atoms with Gasteiger partial charge in [0, 0.05) is 28.8 Å². The fourth-order valence-electron chi connectivity index (χ4n) is 2.73. The number of carbonyl (C=O) groups is 1. The summed E-state index contributed by atoms with van der Waals surface area (Å²) >= 11 is 0. The molecule has 1 unspecified atom stereocenters. The highest BCUT2D eigenvalue weighted by Gasteiger charge is 2.26. The van der Waals surface area contributed by atoms with Gasteiger partial charge >= 0.3 is 0 Å². The minimum Gasteiger partial charge on any atom is -0.399 e. The Morgan fingerprint density at radius 3 is 2.95 bits per heavy atom. The highest BCUT2D eigenvalue weighted by molar-refractivity contribution is 7.91. The van der Waals surface area contributed by atoms with Crippen LogP contribution in [0.4, 0.5) is 5.69 Å². The number of amides is 1. The number of hydrogen-bond acceptors (Lipinski definition) is 4. The third-order valence-corrected chi connectivity index (χ3v) is 5.57. The minimum absolute atomic E-state index is 0.0219. The van der Waals surface area contributed by atoms with Gasteiger partial charge in [-0.1, -0.05) is 0 Å². The second kappa shape index (κ2) is 5.07. The van der Waals surface area contributed by atoms with Crippen molar-refractivity contribution in [3.8, 4) is 0 Å². The van der Waals surface area contributed by atoms with Gasteiger partial charge in [-0.05, 0) is 31.0 Å². The van der Waals surface area contributed by atoms with Crippen LogP contribution in [0, 0.1) is 0 Å². The Bertz CT molecular complexity index is 795. The second-order valence-electron chi connectivity index (χ2n) is 5.43. The molecule has 112 valence electrons. The van der Waals surface area contributed by atoms with Crippen molar-refractivity contribution in [1.29, 1.82) is 0 Å². The summed E-state index contributed by atoms with van der Waals surface area (Å²) < 4.78 is 23.2. The number of aromatic amines is 1. The SMILES string of the molecule is Nc1ccc2c(C(=O)NC3CCCS(=O)(=O)C3)c[nH]c2c1. The van der Waals surface area contributed by atoms with E-state index >= 15 is 0 Å². The molecule has 1 amide bonds. The summed E-state index contributed by atoms with van der Waals surface area (Å²) in [6, 6.07) is 4.97. The van der Waals surface area contributed by atoms with Gasteiger partial charge in [0.1, 0.15) is 0 Å². The molecule has 1 atom stereocenters. The van der Waals surface area contributed by atoms with Crippen molar-refractivity contribution in [3.05, 3.63) is 30.0 Å². The third kappa shape index (κ3) is 2.87. The number of anilines is 1. The molecule has 6 nitrogen and oxygen atoms in total. The topological polar surface area (TPSA) is 105 Å². The fraction of sp³-hybridized carbons (Fsp3) is 0.357. The van der Waals surface area contributed by atoms with Gasteiger partial charge in [-0.25, -0.2) is 8.42 Å². The number of carbonyl (C=O) groups excluding carboxylic acids is 1. The summed E-state index contributed by atoms with van der Waals surface area (Å²) in [4.78, 5) is 15.3. The van der Waals surface area contributed by atoms with Crippen LogP contribution in [-0.2, 0) is 9.84 Å². The van der Waals surface area contributed by atoms with Gasteiger partial charge < -0.3 is 16.0 Å². The second-order valence-corrected chi connectivity index (χ2v) is 7.66. The van der Waals surface area contributed by atoms with Crippen LogP contribution in [0.15, 0.2) is 24.4 Å². The molecule has 1 aliphatic heterocycles. The molecule has 0 saturated carbocycles. The van der Waals surface area contributed by atoms with Gasteiger partial charge in [-0.15, -0.1) is 0 Å². The molecule has 1 aromatic heterocycles. The molecule has 7 heteroatoms. The summed E-state index contributed by atoms with van der Waals surface area (Å²) in [6.45, 7) is 0. The van der Waals surface area contributed by atoms with Gasteiger partial charge in [-0.2, -0.15) is 0 Å². The Hall–Kier alpha value is -2.02. The van der Waals surface area contributed by atoms with E-state index in [1.165, 1.54) is 0 Å². The molecule has 21 heavy (non-hydrogen) atoms. The first kappa shape index (κ1) is 13.9. The van der Waals surface area contributed by atoms with Crippen LogP contribution in [0.25, 0.3) is 10.9 Å². The number of aromatic nitrogens is 1. The Balaban J connectivity index is 1.81.